The van der Waals surface area contributed by atoms with Gasteiger partial charge in [0.15, 0.2) is 0 Å². The Bertz CT molecular complexity index is 975. The Morgan fingerprint density at radius 1 is 1.15 bits per heavy atom. The van der Waals surface area contributed by atoms with Crippen LogP contribution in [0.1, 0.15) is 71.2 Å². The van der Waals surface area contributed by atoms with E-state index in [1.807, 2.05) is 33.8 Å². The second kappa shape index (κ2) is 9.95. The Morgan fingerprint density at radius 3 is 2.35 bits per heavy atom. The van der Waals surface area contributed by atoms with E-state index in [2.05, 4.69) is 0 Å². The molecule has 6 heteroatoms. The van der Waals surface area contributed by atoms with Gasteiger partial charge in [-0.2, -0.15) is 0 Å². The van der Waals surface area contributed by atoms with Gasteiger partial charge in [-0.05, 0) is 69.9 Å². The zero-order valence-corrected chi connectivity index (χ0v) is 21.4. The fourth-order valence-electron chi connectivity index (χ4n) is 5.55. The molecule has 1 saturated carbocycles. The summed E-state index contributed by atoms with van der Waals surface area (Å²) >= 11 is 0. The first-order valence-electron chi connectivity index (χ1n) is 12.0. The van der Waals surface area contributed by atoms with Crippen molar-refractivity contribution in [2.75, 3.05) is 7.11 Å². The number of ether oxygens (including phenoxy) is 3. The number of aliphatic hydroxyl groups is 1. The predicted octanol–water partition coefficient (Wildman–Crippen LogP) is 5.25. The molecule has 0 amide bonds. The van der Waals surface area contributed by atoms with Crippen LogP contribution in [0.4, 0.5) is 0 Å². The number of rotatable bonds is 6. The lowest BCUT2D eigenvalue weighted by molar-refractivity contribution is -0.159. The van der Waals surface area contributed by atoms with Crippen molar-refractivity contribution in [1.82, 2.24) is 0 Å². The van der Waals surface area contributed by atoms with Crippen LogP contribution in [0.2, 0.25) is 0 Å². The second-order valence-corrected chi connectivity index (χ2v) is 10.3. The SMILES string of the molecule is CC=C(C)C(=O)O[C@@H]1C=C(C)C[C@H](OC(=O)c2ccc(OC)cc2)[C@@H]2[C@]1(C)CC[C@@]2(O)C(C)C. The van der Waals surface area contributed by atoms with E-state index < -0.39 is 35.1 Å². The summed E-state index contributed by atoms with van der Waals surface area (Å²) < 4.78 is 17.3. The number of carbonyl (C=O) groups is 2. The van der Waals surface area contributed by atoms with Crippen molar-refractivity contribution in [2.45, 2.75) is 78.6 Å². The van der Waals surface area contributed by atoms with Crippen molar-refractivity contribution < 1.29 is 28.9 Å². The van der Waals surface area contributed by atoms with Crippen LogP contribution in [0.3, 0.4) is 0 Å². The van der Waals surface area contributed by atoms with Gasteiger partial charge < -0.3 is 19.3 Å². The van der Waals surface area contributed by atoms with E-state index in [-0.39, 0.29) is 11.9 Å². The van der Waals surface area contributed by atoms with Gasteiger partial charge in [0.05, 0.1) is 18.3 Å². The lowest BCUT2D eigenvalue weighted by atomic mass is 9.66. The summed E-state index contributed by atoms with van der Waals surface area (Å²) in [5.41, 5.74) is 0.273. The average Bonchev–Trinajstić information content (AvgIpc) is 3.04. The number of carbonyl (C=O) groups excluding carboxylic acids is 2. The van der Waals surface area contributed by atoms with Gasteiger partial charge in [-0.1, -0.05) is 32.4 Å². The van der Waals surface area contributed by atoms with Gasteiger partial charge in [-0.3, -0.25) is 0 Å². The number of allylic oxidation sites excluding steroid dienone is 1. The second-order valence-electron chi connectivity index (χ2n) is 10.3. The molecule has 0 aromatic heterocycles. The number of hydrogen-bond donors (Lipinski definition) is 1. The molecule has 0 radical (unpaired) electrons. The molecule has 0 aliphatic heterocycles. The van der Waals surface area contributed by atoms with Gasteiger partial charge in [-0.15, -0.1) is 0 Å². The molecule has 1 aromatic carbocycles. The normalized spacial score (nSPS) is 31.4. The molecule has 1 aromatic rings. The molecule has 1 fully saturated rings. The van der Waals surface area contributed by atoms with E-state index in [0.29, 0.717) is 36.1 Å². The molecule has 34 heavy (non-hydrogen) atoms. The quantitative estimate of drug-likeness (QED) is 0.347. The maximum atomic E-state index is 13.1. The van der Waals surface area contributed by atoms with Crippen molar-refractivity contribution in [3.8, 4) is 5.75 Å². The molecule has 0 saturated heterocycles. The van der Waals surface area contributed by atoms with E-state index in [0.717, 1.165) is 5.57 Å². The Hall–Kier alpha value is -2.60. The summed E-state index contributed by atoms with van der Waals surface area (Å²) in [6, 6.07) is 6.79. The molecule has 186 valence electrons. The van der Waals surface area contributed by atoms with Gasteiger partial charge in [0.1, 0.15) is 18.0 Å². The predicted molar refractivity (Wildman–Crippen MR) is 131 cm³/mol. The molecule has 0 unspecified atom stereocenters. The van der Waals surface area contributed by atoms with E-state index in [1.54, 1.807) is 51.3 Å². The number of methoxy groups -OCH3 is 1. The Kier molecular flexibility index (Phi) is 7.61. The summed E-state index contributed by atoms with van der Waals surface area (Å²) in [6.45, 7) is 11.5. The Morgan fingerprint density at radius 2 is 1.79 bits per heavy atom. The van der Waals surface area contributed by atoms with Crippen LogP contribution < -0.4 is 4.74 Å². The van der Waals surface area contributed by atoms with Crippen molar-refractivity contribution in [3.63, 3.8) is 0 Å². The molecule has 3 rings (SSSR count). The lowest BCUT2D eigenvalue weighted by Gasteiger charge is -2.45. The van der Waals surface area contributed by atoms with Gasteiger partial charge in [0.2, 0.25) is 0 Å². The fourth-order valence-corrected chi connectivity index (χ4v) is 5.55. The molecule has 1 N–H and O–H groups in total. The van der Waals surface area contributed by atoms with Crippen LogP contribution in [0.25, 0.3) is 0 Å². The average molecular weight is 471 g/mol. The first-order valence-corrected chi connectivity index (χ1v) is 12.0. The standard InChI is InChI=1S/C28H38O6/c1-8-19(5)25(29)34-23-16-18(4)15-22(24-27(23,6)13-14-28(24,31)17(2)3)33-26(30)20-9-11-21(32-7)12-10-20/h8-12,16-17,22-24,31H,13-15H2,1-7H3/t22-,23+,24+,27+,28+/m0/s1. The number of fused-ring (bicyclic) bond motifs is 1. The van der Waals surface area contributed by atoms with Gasteiger partial charge >= 0.3 is 11.9 Å². The van der Waals surface area contributed by atoms with E-state index in [9.17, 15) is 14.7 Å². The molecule has 0 heterocycles. The Balaban J connectivity index is 1.99. The molecule has 2 aliphatic rings. The van der Waals surface area contributed by atoms with Gasteiger partial charge in [0.25, 0.3) is 0 Å². The monoisotopic (exact) mass is 470 g/mol. The minimum atomic E-state index is -1.06. The minimum absolute atomic E-state index is 0.0615. The molecule has 0 spiro atoms. The molecule has 0 bridgehead atoms. The van der Waals surface area contributed by atoms with Crippen molar-refractivity contribution in [2.24, 2.45) is 17.3 Å². The number of hydrogen-bond acceptors (Lipinski definition) is 6. The lowest BCUT2D eigenvalue weighted by Crippen LogP contribution is -2.53. The zero-order valence-electron chi connectivity index (χ0n) is 21.4. The van der Waals surface area contributed by atoms with E-state index >= 15 is 0 Å². The van der Waals surface area contributed by atoms with Crippen molar-refractivity contribution >= 4 is 11.9 Å². The molecule has 5 atom stereocenters. The summed E-state index contributed by atoms with van der Waals surface area (Å²) in [5.74, 6) is -0.622. The van der Waals surface area contributed by atoms with Crippen LogP contribution >= 0.6 is 0 Å². The third-order valence-corrected chi connectivity index (χ3v) is 7.87. The highest BCUT2D eigenvalue weighted by molar-refractivity contribution is 5.89. The summed E-state index contributed by atoms with van der Waals surface area (Å²) in [4.78, 5) is 25.8. The van der Waals surface area contributed by atoms with Crippen LogP contribution in [0, 0.1) is 17.3 Å². The fraction of sp³-hybridized carbons (Fsp3) is 0.571. The molecular weight excluding hydrogens is 432 g/mol. The molecular formula is C28H38O6. The maximum Gasteiger partial charge on any atom is 0.338 e. The van der Waals surface area contributed by atoms with Gasteiger partial charge in [-0.25, -0.2) is 9.59 Å². The van der Waals surface area contributed by atoms with Crippen molar-refractivity contribution in [3.05, 3.63) is 53.1 Å². The highest BCUT2D eigenvalue weighted by Crippen LogP contribution is 2.58. The highest BCUT2D eigenvalue weighted by Gasteiger charge is 2.63. The summed E-state index contributed by atoms with van der Waals surface area (Å²) in [5, 5.41) is 11.9. The summed E-state index contributed by atoms with van der Waals surface area (Å²) in [6.07, 6.45) is 4.28. The molecule has 6 nitrogen and oxygen atoms in total. The molecule has 2 aliphatic carbocycles. The van der Waals surface area contributed by atoms with Crippen LogP contribution in [-0.2, 0) is 14.3 Å². The Labute approximate surface area is 203 Å². The number of esters is 2. The van der Waals surface area contributed by atoms with Crippen LogP contribution in [0.5, 0.6) is 5.75 Å². The van der Waals surface area contributed by atoms with E-state index in [4.69, 9.17) is 14.2 Å². The smallest absolute Gasteiger partial charge is 0.338 e. The zero-order chi connectivity index (χ0) is 25.3. The van der Waals surface area contributed by atoms with Gasteiger partial charge in [0, 0.05) is 23.3 Å². The maximum absolute atomic E-state index is 13.1. The minimum Gasteiger partial charge on any atom is -0.497 e. The largest absolute Gasteiger partial charge is 0.497 e. The number of benzene rings is 1. The first kappa shape index (κ1) is 26.0. The third-order valence-electron chi connectivity index (χ3n) is 7.87. The third kappa shape index (κ3) is 4.78. The topological polar surface area (TPSA) is 82.1 Å². The first-order chi connectivity index (χ1) is 16.0. The highest BCUT2D eigenvalue weighted by atomic mass is 16.6. The van der Waals surface area contributed by atoms with E-state index in [1.165, 1.54) is 0 Å². The summed E-state index contributed by atoms with van der Waals surface area (Å²) in [7, 11) is 1.57. The van der Waals surface area contributed by atoms with Crippen molar-refractivity contribution in [1.29, 1.82) is 0 Å². The van der Waals surface area contributed by atoms with Crippen LogP contribution in [-0.4, -0.2) is 42.0 Å². The van der Waals surface area contributed by atoms with Crippen LogP contribution in [0.15, 0.2) is 47.6 Å².